The second kappa shape index (κ2) is 4.07. The number of halogens is 1. The van der Waals surface area contributed by atoms with Gasteiger partial charge in [-0.2, -0.15) is 4.13 Å². The summed E-state index contributed by atoms with van der Waals surface area (Å²) in [7, 11) is 0.860. The molecule has 0 radical (unpaired) electrons. The van der Waals surface area contributed by atoms with Crippen molar-refractivity contribution >= 4 is 36.5 Å². The molecule has 1 atom stereocenters. The fourth-order valence-corrected chi connectivity index (χ4v) is 1.20. The van der Waals surface area contributed by atoms with Gasteiger partial charge in [0.25, 0.3) is 0 Å². The van der Waals surface area contributed by atoms with Crippen LogP contribution in [0.5, 0.6) is 0 Å². The predicted octanol–water partition coefficient (Wildman–Crippen LogP) is 0.328. The minimum Gasteiger partial charge on any atom is -0.759 e. The molecular formula is HBrNO2S2-. The van der Waals surface area contributed by atoms with Gasteiger partial charge in [0.1, 0.15) is 0 Å². The van der Waals surface area contributed by atoms with Crippen LogP contribution < -0.4 is 4.13 Å². The van der Waals surface area contributed by atoms with Crippen LogP contribution in [0.3, 0.4) is 0 Å². The van der Waals surface area contributed by atoms with Crippen LogP contribution in [0.4, 0.5) is 0 Å². The van der Waals surface area contributed by atoms with E-state index >= 15 is 0 Å². The molecule has 6 heavy (non-hydrogen) atoms. The van der Waals surface area contributed by atoms with Crippen molar-refractivity contribution in [3.8, 4) is 0 Å². The van der Waals surface area contributed by atoms with Crippen molar-refractivity contribution in [1.82, 2.24) is 4.13 Å². The van der Waals surface area contributed by atoms with E-state index in [0.717, 1.165) is 10.4 Å². The highest BCUT2D eigenvalue weighted by molar-refractivity contribution is 9.50. The van der Waals surface area contributed by atoms with Gasteiger partial charge in [0, 0.05) is 36.5 Å². The molecular weight excluding hydrogens is 190 g/mol. The van der Waals surface area contributed by atoms with Crippen LogP contribution in [0.15, 0.2) is 0 Å². The molecule has 3 nitrogen and oxygen atoms in total. The lowest BCUT2D eigenvalue weighted by Crippen LogP contribution is -2.02. The number of nitrogens with one attached hydrogen (secondary N) is 1. The standard InChI is InChI=1S/BrH2NO2S2/c1-5-2-6(3)4/h2H,(H,3,4)/p-1. The minimum absolute atomic E-state index is 0.860. The van der Waals surface area contributed by atoms with E-state index in [-0.39, 0.29) is 0 Å². The average Bonchev–Trinajstić information content (AvgIpc) is 1.35. The van der Waals surface area contributed by atoms with Gasteiger partial charge >= 0.3 is 0 Å². The summed E-state index contributed by atoms with van der Waals surface area (Å²) in [6.45, 7) is 0. The Balaban J connectivity index is 2.83. The topological polar surface area (TPSA) is 52.2 Å². The fourth-order valence-electron chi connectivity index (χ4n) is 0.0257. The molecule has 38 valence electrons. The lowest BCUT2D eigenvalue weighted by atomic mass is 13.9. The summed E-state index contributed by atoms with van der Waals surface area (Å²) in [5.74, 6) is 0. The van der Waals surface area contributed by atoms with E-state index < -0.39 is 11.3 Å². The third-order valence-corrected chi connectivity index (χ3v) is 2.09. The molecule has 0 aliphatic carbocycles. The molecule has 0 aliphatic rings. The smallest absolute Gasteiger partial charge is 0.0290 e. The van der Waals surface area contributed by atoms with Crippen molar-refractivity contribution in [3.63, 3.8) is 0 Å². The number of hydrogen-bond donors (Lipinski definition) is 1. The summed E-state index contributed by atoms with van der Waals surface area (Å²) < 4.78 is 20.8. The molecule has 6 heteroatoms. The monoisotopic (exact) mass is 190 g/mol. The molecule has 0 heterocycles. The first-order valence-corrected chi connectivity index (χ1v) is 4.63. The molecule has 0 aromatic heterocycles. The maximum absolute atomic E-state index is 9.44. The second-order valence-electron chi connectivity index (χ2n) is 0.395. The summed E-state index contributed by atoms with van der Waals surface area (Å²) in [5, 5.41) is 0. The van der Waals surface area contributed by atoms with Crippen molar-refractivity contribution in [2.45, 2.75) is 0 Å². The first kappa shape index (κ1) is 6.90. The fraction of sp³-hybridized carbons (Fsp3) is 0. The zero-order valence-corrected chi connectivity index (χ0v) is 5.73. The summed E-state index contributed by atoms with van der Waals surface area (Å²) in [4.78, 5) is 0. The molecule has 0 aromatic rings. The molecule has 0 saturated carbocycles. The van der Waals surface area contributed by atoms with Gasteiger partial charge in [0.2, 0.25) is 0 Å². The Labute approximate surface area is 49.6 Å². The lowest BCUT2D eigenvalue weighted by molar-refractivity contribution is 0.535. The van der Waals surface area contributed by atoms with Crippen LogP contribution in [0.1, 0.15) is 0 Å². The van der Waals surface area contributed by atoms with Crippen LogP contribution in [0.25, 0.3) is 0 Å². The largest absolute Gasteiger partial charge is 0.759 e. The average molecular weight is 191 g/mol. The molecule has 0 spiro atoms. The van der Waals surface area contributed by atoms with E-state index in [0.29, 0.717) is 0 Å². The zero-order chi connectivity index (χ0) is 4.99. The normalized spacial score (nSPS) is 14.3. The van der Waals surface area contributed by atoms with E-state index in [1.165, 1.54) is 0 Å². The Kier molecular flexibility index (Phi) is 4.68. The van der Waals surface area contributed by atoms with Crippen molar-refractivity contribution in [3.05, 3.63) is 0 Å². The van der Waals surface area contributed by atoms with Crippen molar-refractivity contribution in [1.29, 1.82) is 0 Å². The van der Waals surface area contributed by atoms with Gasteiger partial charge in [-0.05, 0) is 0 Å². The van der Waals surface area contributed by atoms with E-state index in [1.807, 2.05) is 4.13 Å². The van der Waals surface area contributed by atoms with E-state index in [9.17, 15) is 8.76 Å². The summed E-state index contributed by atoms with van der Waals surface area (Å²) in [6.07, 6.45) is 0. The van der Waals surface area contributed by atoms with Crippen LogP contribution in [-0.2, 0) is 11.3 Å². The summed E-state index contributed by atoms with van der Waals surface area (Å²) in [5.41, 5.74) is 0. The quantitative estimate of drug-likeness (QED) is 0.505. The molecule has 0 fully saturated rings. The summed E-state index contributed by atoms with van der Waals surface area (Å²) >= 11 is 0.613. The minimum atomic E-state index is -2.15. The van der Waals surface area contributed by atoms with Crippen molar-refractivity contribution in [2.24, 2.45) is 0 Å². The van der Waals surface area contributed by atoms with Gasteiger partial charge in [0.15, 0.2) is 0 Å². The van der Waals surface area contributed by atoms with Crippen molar-refractivity contribution < 1.29 is 8.76 Å². The third-order valence-electron chi connectivity index (χ3n) is 0.0995. The number of rotatable bonds is 2. The molecule has 0 bridgehead atoms. The highest BCUT2D eigenvalue weighted by Gasteiger charge is 1.71. The van der Waals surface area contributed by atoms with Gasteiger partial charge in [-0.15, -0.1) is 0 Å². The van der Waals surface area contributed by atoms with E-state index in [2.05, 4.69) is 14.8 Å². The van der Waals surface area contributed by atoms with E-state index in [1.54, 1.807) is 0 Å². The van der Waals surface area contributed by atoms with Crippen LogP contribution in [0.2, 0.25) is 0 Å². The first-order valence-electron chi connectivity index (χ1n) is 0.896. The van der Waals surface area contributed by atoms with Crippen LogP contribution in [0, 0.1) is 0 Å². The van der Waals surface area contributed by atoms with Gasteiger partial charge in [-0.1, -0.05) is 0 Å². The Morgan fingerprint density at radius 2 is 2.50 bits per heavy atom. The van der Waals surface area contributed by atoms with Gasteiger partial charge in [-0.3, -0.25) is 4.21 Å². The molecule has 1 N–H and O–H groups in total. The first-order chi connectivity index (χ1) is 2.77. The second-order valence-corrected chi connectivity index (χ2v) is 2.66. The Morgan fingerprint density at radius 1 is 2.00 bits per heavy atom. The highest BCUT2D eigenvalue weighted by Crippen LogP contribution is 2.01. The van der Waals surface area contributed by atoms with Gasteiger partial charge in [-0.25, -0.2) is 0 Å². The third kappa shape index (κ3) is 4.90. The molecule has 0 aliphatic heterocycles. The Bertz CT molecular complexity index is 55.5. The maximum Gasteiger partial charge on any atom is 0.0290 e. The highest BCUT2D eigenvalue weighted by atomic mass is 79.9. The SMILES string of the molecule is O=S([O-])NSBr. The predicted molar refractivity (Wildman–Crippen MR) is 28.6 cm³/mol. The lowest BCUT2D eigenvalue weighted by Gasteiger charge is -1.98. The Morgan fingerprint density at radius 3 is 2.50 bits per heavy atom. The van der Waals surface area contributed by atoms with Crippen LogP contribution in [-0.4, -0.2) is 8.76 Å². The number of hydrogen-bond acceptors (Lipinski definition) is 3. The van der Waals surface area contributed by atoms with Gasteiger partial charge in [0.05, 0.1) is 0 Å². The van der Waals surface area contributed by atoms with Gasteiger partial charge < -0.3 is 4.55 Å². The van der Waals surface area contributed by atoms with E-state index in [4.69, 9.17) is 0 Å². The molecule has 1 unspecified atom stereocenters. The molecule has 0 amide bonds. The molecule has 0 saturated heterocycles. The molecule has 0 rings (SSSR count). The Hall–Kier alpha value is 0.900. The molecule has 0 aromatic carbocycles. The maximum atomic E-state index is 9.44. The zero-order valence-electron chi connectivity index (χ0n) is 2.51. The van der Waals surface area contributed by atoms with Crippen molar-refractivity contribution in [2.75, 3.05) is 0 Å². The van der Waals surface area contributed by atoms with Crippen LogP contribution >= 0.6 is 25.2 Å². The summed E-state index contributed by atoms with van der Waals surface area (Å²) in [6, 6.07) is 0.